The lowest BCUT2D eigenvalue weighted by Crippen LogP contribution is -2.16. The highest BCUT2D eigenvalue weighted by molar-refractivity contribution is 5.69. The minimum atomic E-state index is -3.23. The van der Waals surface area contributed by atoms with Gasteiger partial charge in [0.15, 0.2) is 11.5 Å². The molecule has 0 saturated carbocycles. The van der Waals surface area contributed by atoms with Crippen molar-refractivity contribution in [2.24, 2.45) is 0 Å². The molecular weight excluding hydrogens is 414 g/mol. The number of ether oxygens (including phenoxy) is 3. The predicted octanol–water partition coefficient (Wildman–Crippen LogP) is 2.67. The van der Waals surface area contributed by atoms with Gasteiger partial charge >= 0.3 is 18.3 Å². The minimum absolute atomic E-state index is 0.111. The molecule has 30 heavy (non-hydrogen) atoms. The lowest BCUT2D eigenvalue weighted by molar-refractivity contribution is -0.386. The van der Waals surface area contributed by atoms with Crippen molar-refractivity contribution < 1.29 is 37.6 Å². The van der Waals surface area contributed by atoms with E-state index in [1.807, 2.05) is 0 Å². The van der Waals surface area contributed by atoms with E-state index < -0.39 is 47.0 Å². The smallest absolute Gasteiger partial charge is 0.387 e. The van der Waals surface area contributed by atoms with E-state index in [1.54, 1.807) is 0 Å². The molecule has 0 radical (unpaired) electrons. The van der Waals surface area contributed by atoms with Gasteiger partial charge in [-0.2, -0.15) is 13.9 Å². The van der Waals surface area contributed by atoms with E-state index in [9.17, 15) is 33.8 Å². The maximum Gasteiger partial charge on any atom is 0.387 e. The molecule has 0 unspecified atom stereocenters. The molecule has 0 N–H and O–H groups in total. The Balaban J connectivity index is 2.20. The molecule has 162 valence electrons. The Bertz CT molecular complexity index is 992. The first-order chi connectivity index (χ1) is 14.0. The van der Waals surface area contributed by atoms with Crippen molar-refractivity contribution in [3.63, 3.8) is 0 Å². The van der Waals surface area contributed by atoms with Gasteiger partial charge in [-0.15, -0.1) is 0 Å². The van der Waals surface area contributed by atoms with Gasteiger partial charge in [-0.1, -0.05) is 0 Å². The summed E-state index contributed by atoms with van der Waals surface area (Å²) in [5, 5.41) is 26.2. The van der Waals surface area contributed by atoms with Crippen LogP contribution in [0.5, 0.6) is 11.5 Å². The molecule has 0 saturated heterocycles. The molecule has 0 bridgehead atoms. The lowest BCUT2D eigenvalue weighted by atomic mass is 10.1. The Morgan fingerprint density at radius 3 is 2.37 bits per heavy atom. The highest BCUT2D eigenvalue weighted by Crippen LogP contribution is 2.36. The van der Waals surface area contributed by atoms with Crippen molar-refractivity contribution in [2.75, 3.05) is 7.11 Å². The number of carbonyl (C=O) groups excluding carboxylic acids is 1. The van der Waals surface area contributed by atoms with Crippen molar-refractivity contribution in [3.05, 3.63) is 49.3 Å². The monoisotopic (exact) mass is 430 g/mol. The molecule has 1 aromatic carbocycles. The van der Waals surface area contributed by atoms with Crippen LogP contribution < -0.4 is 9.47 Å². The van der Waals surface area contributed by atoms with Crippen LogP contribution in [0.25, 0.3) is 0 Å². The van der Waals surface area contributed by atoms with Gasteiger partial charge in [-0.3, -0.25) is 29.7 Å². The number of esters is 1. The summed E-state index contributed by atoms with van der Waals surface area (Å²) in [6, 6.07) is 1.77. The Morgan fingerprint density at radius 1 is 1.20 bits per heavy atom. The van der Waals surface area contributed by atoms with Gasteiger partial charge in [0.1, 0.15) is 24.5 Å². The highest BCUT2D eigenvalue weighted by Gasteiger charge is 2.25. The van der Waals surface area contributed by atoms with E-state index in [1.165, 1.54) is 13.8 Å². The van der Waals surface area contributed by atoms with Crippen LogP contribution in [0.15, 0.2) is 12.1 Å². The highest BCUT2D eigenvalue weighted by atomic mass is 19.3. The number of hydrogen-bond donors (Lipinski definition) is 0. The average molecular weight is 430 g/mol. The number of alkyl halides is 2. The molecule has 0 amide bonds. The van der Waals surface area contributed by atoms with Crippen molar-refractivity contribution in [1.82, 2.24) is 9.78 Å². The number of hydrogen-bond acceptors (Lipinski definition) is 9. The van der Waals surface area contributed by atoms with Gasteiger partial charge in [-0.05, 0) is 19.9 Å². The second-order valence-electron chi connectivity index (χ2n) is 5.86. The third kappa shape index (κ3) is 4.95. The molecule has 0 aliphatic heterocycles. The SMILES string of the molecule is COc1cc(COC(=O)Cn2nc(C)c([N+](=O)[O-])c2C)c([N+](=O)[O-])cc1OC(F)F. The van der Waals surface area contributed by atoms with Gasteiger partial charge in [0.25, 0.3) is 5.69 Å². The second-order valence-corrected chi connectivity index (χ2v) is 5.86. The van der Waals surface area contributed by atoms with E-state index in [0.717, 1.165) is 23.9 Å². The molecule has 0 aliphatic carbocycles. The Morgan fingerprint density at radius 2 is 1.87 bits per heavy atom. The number of nitrogens with zero attached hydrogens (tertiary/aromatic N) is 4. The Hall–Kier alpha value is -3.84. The summed E-state index contributed by atoms with van der Waals surface area (Å²) < 4.78 is 40.1. The Kier molecular flexibility index (Phi) is 6.81. The second kappa shape index (κ2) is 9.11. The van der Waals surface area contributed by atoms with Gasteiger partial charge in [-0.25, -0.2) is 0 Å². The number of carbonyl (C=O) groups is 1. The van der Waals surface area contributed by atoms with Crippen molar-refractivity contribution in [1.29, 1.82) is 0 Å². The predicted molar refractivity (Wildman–Crippen MR) is 94.4 cm³/mol. The molecule has 1 heterocycles. The van der Waals surface area contributed by atoms with E-state index >= 15 is 0 Å². The summed E-state index contributed by atoms with van der Waals surface area (Å²) in [5.41, 5.74) is -0.749. The fraction of sp³-hybridized carbons (Fsp3) is 0.375. The fourth-order valence-electron chi connectivity index (χ4n) is 2.66. The van der Waals surface area contributed by atoms with E-state index in [0.29, 0.717) is 0 Å². The number of benzene rings is 1. The number of rotatable bonds is 9. The number of methoxy groups -OCH3 is 1. The largest absolute Gasteiger partial charge is 0.493 e. The zero-order valence-corrected chi connectivity index (χ0v) is 16.0. The summed E-state index contributed by atoms with van der Waals surface area (Å²) >= 11 is 0. The van der Waals surface area contributed by atoms with Gasteiger partial charge in [0, 0.05) is 0 Å². The maximum atomic E-state index is 12.5. The molecule has 14 heteroatoms. The number of nitro groups is 2. The number of nitro benzene ring substituents is 1. The third-order valence-corrected chi connectivity index (χ3v) is 3.97. The molecule has 2 rings (SSSR count). The molecule has 0 fully saturated rings. The first-order valence-electron chi connectivity index (χ1n) is 8.19. The Labute approximate surface area is 167 Å². The van der Waals surface area contributed by atoms with Crippen molar-refractivity contribution in [3.8, 4) is 11.5 Å². The lowest BCUT2D eigenvalue weighted by Gasteiger charge is -2.12. The van der Waals surface area contributed by atoms with Crippen LogP contribution in [0.4, 0.5) is 20.2 Å². The van der Waals surface area contributed by atoms with Crippen LogP contribution in [0, 0.1) is 34.1 Å². The van der Waals surface area contributed by atoms with E-state index in [-0.39, 0.29) is 28.4 Å². The summed E-state index contributed by atoms with van der Waals surface area (Å²) in [7, 11) is 1.14. The van der Waals surface area contributed by atoms with Gasteiger partial charge in [0.05, 0.1) is 28.6 Å². The molecular formula is C16H16F2N4O8. The summed E-state index contributed by atoms with van der Waals surface area (Å²) in [5.74, 6) is -1.65. The third-order valence-electron chi connectivity index (χ3n) is 3.97. The summed E-state index contributed by atoms with van der Waals surface area (Å²) in [4.78, 5) is 32.9. The number of aryl methyl sites for hydroxylation is 1. The van der Waals surface area contributed by atoms with E-state index in [2.05, 4.69) is 9.84 Å². The quantitative estimate of drug-likeness (QED) is 0.332. The van der Waals surface area contributed by atoms with Crippen LogP contribution in [-0.4, -0.2) is 39.3 Å². The van der Waals surface area contributed by atoms with Crippen LogP contribution in [0.2, 0.25) is 0 Å². The first-order valence-corrected chi connectivity index (χ1v) is 8.19. The summed E-state index contributed by atoms with van der Waals surface area (Å²) in [6.07, 6.45) is 0. The molecule has 1 aromatic heterocycles. The number of aromatic nitrogens is 2. The van der Waals surface area contributed by atoms with Crippen LogP contribution in [-0.2, 0) is 22.7 Å². The van der Waals surface area contributed by atoms with Gasteiger partial charge < -0.3 is 14.2 Å². The van der Waals surface area contributed by atoms with Crippen LogP contribution in [0.1, 0.15) is 17.0 Å². The fourth-order valence-corrected chi connectivity index (χ4v) is 2.66. The zero-order valence-electron chi connectivity index (χ0n) is 16.0. The number of halogens is 2. The molecule has 2 aromatic rings. The molecule has 0 atom stereocenters. The van der Waals surface area contributed by atoms with Crippen LogP contribution >= 0.6 is 0 Å². The van der Waals surface area contributed by atoms with E-state index in [4.69, 9.17) is 9.47 Å². The normalized spacial score (nSPS) is 10.7. The molecule has 0 aliphatic rings. The van der Waals surface area contributed by atoms with Crippen LogP contribution in [0.3, 0.4) is 0 Å². The minimum Gasteiger partial charge on any atom is -0.493 e. The standard InChI is InChI=1S/C16H16F2N4O8/c1-8-15(22(26)27)9(2)20(19-8)6-14(23)29-7-10-4-12(28-3)13(30-16(17)18)5-11(10)21(24)25/h4-5,16H,6-7H2,1-3H3. The maximum absolute atomic E-state index is 12.5. The topological polar surface area (TPSA) is 149 Å². The first kappa shape index (κ1) is 22.4. The average Bonchev–Trinajstić information content (AvgIpc) is 2.92. The zero-order chi connectivity index (χ0) is 22.6. The summed E-state index contributed by atoms with van der Waals surface area (Å²) in [6.45, 7) is -1.47. The van der Waals surface area contributed by atoms with Crippen molar-refractivity contribution in [2.45, 2.75) is 33.6 Å². The molecule has 12 nitrogen and oxygen atoms in total. The van der Waals surface area contributed by atoms with Gasteiger partial charge in [0.2, 0.25) is 0 Å². The van der Waals surface area contributed by atoms with Crippen molar-refractivity contribution >= 4 is 17.3 Å². The molecule has 0 spiro atoms.